The number of carbonyl (C=O) groups excluding carboxylic acids is 1. The minimum absolute atomic E-state index is 0.0849. The van der Waals surface area contributed by atoms with E-state index in [1.165, 1.54) is 18.2 Å². The number of hydrogen-bond acceptors (Lipinski definition) is 2. The van der Waals surface area contributed by atoms with Crippen molar-refractivity contribution in [3.63, 3.8) is 0 Å². The zero-order valence-corrected chi connectivity index (χ0v) is 18.0. The molecule has 166 valence electrons. The molecule has 30 heavy (non-hydrogen) atoms. The normalized spacial score (nSPS) is 23.3. The molecule has 4 rings (SSSR count). The number of nitrogens with one attached hydrogen (secondary N) is 1. The van der Waals surface area contributed by atoms with Gasteiger partial charge in [-0.2, -0.15) is 0 Å². The summed E-state index contributed by atoms with van der Waals surface area (Å²) in [5.74, 6) is -3.79. The Morgan fingerprint density at radius 1 is 1.10 bits per heavy atom. The molecule has 3 aliphatic rings. The predicted molar refractivity (Wildman–Crippen MR) is 112 cm³/mol. The van der Waals surface area contributed by atoms with Crippen molar-refractivity contribution in [3.8, 4) is 0 Å². The highest BCUT2D eigenvalue weighted by Gasteiger charge is 2.50. The molecule has 1 N–H and O–H groups in total. The van der Waals surface area contributed by atoms with Gasteiger partial charge in [-0.05, 0) is 62.1 Å². The summed E-state index contributed by atoms with van der Waals surface area (Å²) in [6.45, 7) is 1.30. The van der Waals surface area contributed by atoms with Gasteiger partial charge in [0.1, 0.15) is 5.82 Å². The van der Waals surface area contributed by atoms with Gasteiger partial charge in [0.05, 0.1) is 6.54 Å². The van der Waals surface area contributed by atoms with E-state index in [1.807, 2.05) is 4.90 Å². The third-order valence-corrected chi connectivity index (χ3v) is 7.52. The molecule has 0 bridgehead atoms. The molecule has 1 spiro atoms. The van der Waals surface area contributed by atoms with Gasteiger partial charge in [0.25, 0.3) is 5.92 Å². The first-order chi connectivity index (χ1) is 14.2. The van der Waals surface area contributed by atoms with Gasteiger partial charge in [0.2, 0.25) is 5.91 Å². The Hall–Kier alpha value is -1.27. The van der Waals surface area contributed by atoms with Crippen LogP contribution in [0.2, 0.25) is 5.02 Å². The van der Waals surface area contributed by atoms with Crippen LogP contribution in [0.4, 0.5) is 18.9 Å². The second-order valence-electron chi connectivity index (χ2n) is 9.66. The van der Waals surface area contributed by atoms with Crippen LogP contribution in [0.5, 0.6) is 0 Å². The number of anilines is 1. The van der Waals surface area contributed by atoms with E-state index < -0.39 is 17.7 Å². The Morgan fingerprint density at radius 2 is 1.77 bits per heavy atom. The van der Waals surface area contributed by atoms with Crippen LogP contribution in [-0.2, 0) is 4.79 Å². The highest BCUT2D eigenvalue weighted by molar-refractivity contribution is 6.30. The van der Waals surface area contributed by atoms with Crippen molar-refractivity contribution in [2.75, 3.05) is 25.0 Å². The van der Waals surface area contributed by atoms with Crippen LogP contribution in [0.15, 0.2) is 18.2 Å². The maximum absolute atomic E-state index is 14.6. The third kappa shape index (κ3) is 4.96. The van der Waals surface area contributed by atoms with Crippen molar-refractivity contribution < 1.29 is 18.0 Å². The molecule has 0 radical (unpaired) electrons. The summed E-state index contributed by atoms with van der Waals surface area (Å²) in [4.78, 5) is 14.5. The van der Waals surface area contributed by atoms with E-state index >= 15 is 0 Å². The number of rotatable bonds is 5. The number of benzene rings is 1. The van der Waals surface area contributed by atoms with E-state index in [2.05, 4.69) is 5.32 Å². The number of nitrogens with zero attached hydrogens (tertiary/aromatic N) is 1. The number of carbonyl (C=O) groups is 1. The summed E-state index contributed by atoms with van der Waals surface area (Å²) < 4.78 is 42.7. The van der Waals surface area contributed by atoms with Gasteiger partial charge in [-0.15, -0.1) is 0 Å². The average Bonchev–Trinajstić information content (AvgIpc) is 2.67. The minimum atomic E-state index is -2.59. The maximum Gasteiger partial charge on any atom is 0.263 e. The van der Waals surface area contributed by atoms with Gasteiger partial charge in [-0.25, -0.2) is 13.2 Å². The number of likely N-dealkylation sites (tertiary alicyclic amines) is 1. The molecule has 2 aliphatic carbocycles. The first-order valence-electron chi connectivity index (χ1n) is 11.1. The quantitative estimate of drug-likeness (QED) is 0.595. The van der Waals surface area contributed by atoms with Crippen LogP contribution < -0.4 is 5.32 Å². The minimum Gasteiger partial charge on any atom is -0.326 e. The number of halogens is 4. The van der Waals surface area contributed by atoms with Crippen molar-refractivity contribution >= 4 is 23.2 Å². The molecule has 2 saturated carbocycles. The van der Waals surface area contributed by atoms with E-state index in [0.29, 0.717) is 31.6 Å². The molecule has 3 nitrogen and oxygen atoms in total. The molecular weight excluding hydrogens is 413 g/mol. The molecule has 0 atom stereocenters. The molecular formula is C23H30ClF3N2O. The standard InChI is InChI=1S/C23H30ClF3N2O/c24-18-10-19(25)12-20(11-18)28-21(30)16-6-8-22(9-7-16)13-29(14-22)15-23(26,27)17-4-2-1-3-5-17/h10-12,16-17H,1-9,13-15H2,(H,28,30). The van der Waals surface area contributed by atoms with Crippen LogP contribution in [0.3, 0.4) is 0 Å². The fourth-order valence-electron chi connectivity index (χ4n) is 5.65. The van der Waals surface area contributed by atoms with E-state index in [4.69, 9.17) is 11.6 Å². The molecule has 7 heteroatoms. The molecule has 1 amide bonds. The summed E-state index contributed by atoms with van der Waals surface area (Å²) >= 11 is 5.84. The van der Waals surface area contributed by atoms with E-state index in [-0.39, 0.29) is 28.8 Å². The van der Waals surface area contributed by atoms with Gasteiger partial charge < -0.3 is 5.32 Å². The molecule has 3 fully saturated rings. The average molecular weight is 443 g/mol. The summed E-state index contributed by atoms with van der Waals surface area (Å²) in [6, 6.07) is 3.98. The van der Waals surface area contributed by atoms with Gasteiger partial charge in [0, 0.05) is 35.6 Å². The first-order valence-corrected chi connectivity index (χ1v) is 11.5. The van der Waals surface area contributed by atoms with Crippen molar-refractivity contribution in [2.45, 2.75) is 63.7 Å². The Balaban J connectivity index is 1.23. The van der Waals surface area contributed by atoms with E-state index in [9.17, 15) is 18.0 Å². The molecule has 1 saturated heterocycles. The molecule has 1 aliphatic heterocycles. The van der Waals surface area contributed by atoms with E-state index in [1.54, 1.807) is 0 Å². The van der Waals surface area contributed by atoms with Crippen molar-refractivity contribution in [2.24, 2.45) is 17.3 Å². The zero-order valence-electron chi connectivity index (χ0n) is 17.2. The molecule has 0 aromatic heterocycles. The first kappa shape index (κ1) is 21.9. The molecule has 1 aromatic rings. The van der Waals surface area contributed by atoms with Gasteiger partial charge in [-0.1, -0.05) is 30.9 Å². The van der Waals surface area contributed by atoms with Crippen molar-refractivity contribution in [1.82, 2.24) is 4.90 Å². The zero-order chi connectivity index (χ0) is 21.4. The van der Waals surface area contributed by atoms with Crippen LogP contribution in [0, 0.1) is 23.1 Å². The van der Waals surface area contributed by atoms with Gasteiger partial charge >= 0.3 is 0 Å². The highest BCUT2D eigenvalue weighted by Crippen LogP contribution is 2.47. The van der Waals surface area contributed by atoms with Crippen LogP contribution in [0.1, 0.15) is 57.8 Å². The maximum atomic E-state index is 14.6. The lowest BCUT2D eigenvalue weighted by Gasteiger charge is -2.54. The SMILES string of the molecule is O=C(Nc1cc(F)cc(Cl)c1)C1CCC2(CC1)CN(CC(F)(F)C1CCCCC1)C2. The lowest BCUT2D eigenvalue weighted by atomic mass is 9.65. The van der Waals surface area contributed by atoms with E-state index in [0.717, 1.165) is 44.9 Å². The summed E-state index contributed by atoms with van der Waals surface area (Å²) in [5.41, 5.74) is 0.451. The lowest BCUT2D eigenvalue weighted by molar-refractivity contribution is -0.138. The van der Waals surface area contributed by atoms with Gasteiger partial charge in [0.15, 0.2) is 0 Å². The highest BCUT2D eigenvalue weighted by atomic mass is 35.5. The fourth-order valence-corrected chi connectivity index (χ4v) is 5.87. The lowest BCUT2D eigenvalue weighted by Crippen LogP contribution is -2.61. The molecule has 1 aromatic carbocycles. The second-order valence-corrected chi connectivity index (χ2v) is 10.1. The Bertz CT molecular complexity index is 745. The molecule has 1 heterocycles. The number of alkyl halides is 2. The number of hydrogen-bond donors (Lipinski definition) is 1. The Labute approximate surface area is 181 Å². The van der Waals surface area contributed by atoms with Crippen molar-refractivity contribution in [1.29, 1.82) is 0 Å². The summed E-state index contributed by atoms with van der Waals surface area (Å²) in [7, 11) is 0. The van der Waals surface area contributed by atoms with Crippen molar-refractivity contribution in [3.05, 3.63) is 29.0 Å². The Kier molecular flexibility index (Phi) is 6.36. The second kappa shape index (κ2) is 8.70. The van der Waals surface area contributed by atoms with Crippen LogP contribution in [-0.4, -0.2) is 36.4 Å². The van der Waals surface area contributed by atoms with Crippen LogP contribution >= 0.6 is 11.6 Å². The summed E-state index contributed by atoms with van der Waals surface area (Å²) in [5, 5.41) is 3.00. The number of amides is 1. The monoisotopic (exact) mass is 442 g/mol. The smallest absolute Gasteiger partial charge is 0.263 e. The Morgan fingerprint density at radius 3 is 2.40 bits per heavy atom. The largest absolute Gasteiger partial charge is 0.326 e. The van der Waals surface area contributed by atoms with Gasteiger partial charge in [-0.3, -0.25) is 9.69 Å². The fraction of sp³-hybridized carbons (Fsp3) is 0.696. The predicted octanol–water partition coefficient (Wildman–Crippen LogP) is 6.13. The topological polar surface area (TPSA) is 32.3 Å². The summed E-state index contributed by atoms with van der Waals surface area (Å²) in [6.07, 6.45) is 7.47. The molecule has 0 unspecified atom stereocenters. The van der Waals surface area contributed by atoms with Crippen LogP contribution in [0.25, 0.3) is 0 Å². The third-order valence-electron chi connectivity index (χ3n) is 7.30.